The Balaban J connectivity index is 2.79. The van der Waals surface area contributed by atoms with E-state index >= 15 is 0 Å². The molecular weight excluding hydrogens is 212 g/mol. The van der Waals surface area contributed by atoms with Crippen LogP contribution in [0.3, 0.4) is 0 Å². The van der Waals surface area contributed by atoms with Gasteiger partial charge in [0.25, 0.3) is 0 Å². The Hall–Kier alpha value is -1.57. The Morgan fingerprint density at radius 3 is 2.53 bits per heavy atom. The van der Waals surface area contributed by atoms with Crippen molar-refractivity contribution in [1.82, 2.24) is 0 Å². The van der Waals surface area contributed by atoms with Crippen LogP contribution in [0, 0.1) is 0 Å². The second kappa shape index (κ2) is 7.66. The van der Waals surface area contributed by atoms with Gasteiger partial charge in [0.05, 0.1) is 6.61 Å². The maximum Gasteiger partial charge on any atom is 0.159 e. The molecule has 0 aliphatic heterocycles. The molecule has 0 aliphatic rings. The van der Waals surface area contributed by atoms with E-state index in [-0.39, 0.29) is 5.78 Å². The van der Waals surface area contributed by atoms with Crippen molar-refractivity contribution < 1.29 is 9.53 Å². The van der Waals surface area contributed by atoms with Crippen molar-refractivity contribution in [3.8, 4) is 0 Å². The van der Waals surface area contributed by atoms with E-state index in [1.54, 1.807) is 6.08 Å². The number of ether oxygens (including phenoxy) is 1. The first-order chi connectivity index (χ1) is 8.27. The number of ketones is 1. The van der Waals surface area contributed by atoms with Crippen LogP contribution < -0.4 is 0 Å². The summed E-state index contributed by atoms with van der Waals surface area (Å²) in [5, 5.41) is 0. The van der Waals surface area contributed by atoms with Gasteiger partial charge in [0, 0.05) is 18.1 Å². The average molecular weight is 232 g/mol. The van der Waals surface area contributed by atoms with E-state index in [9.17, 15) is 4.79 Å². The van der Waals surface area contributed by atoms with Crippen molar-refractivity contribution in [1.29, 1.82) is 0 Å². The molecule has 0 N–H and O–H groups in total. The molecule has 2 nitrogen and oxygen atoms in total. The third-order valence-corrected chi connectivity index (χ3v) is 2.45. The van der Waals surface area contributed by atoms with E-state index in [1.807, 2.05) is 37.3 Å². The van der Waals surface area contributed by atoms with Crippen molar-refractivity contribution >= 4 is 11.5 Å². The minimum atomic E-state index is 0.0975. The van der Waals surface area contributed by atoms with Crippen LogP contribution in [0.15, 0.2) is 36.4 Å². The summed E-state index contributed by atoms with van der Waals surface area (Å²) >= 11 is 0. The lowest BCUT2D eigenvalue weighted by molar-refractivity contribution is -0.114. The molecule has 0 saturated heterocycles. The number of carbonyl (C=O) groups is 1. The van der Waals surface area contributed by atoms with Gasteiger partial charge in [-0.05, 0) is 6.42 Å². The van der Waals surface area contributed by atoms with Gasteiger partial charge >= 0.3 is 0 Å². The van der Waals surface area contributed by atoms with Gasteiger partial charge < -0.3 is 4.74 Å². The number of benzene rings is 1. The predicted molar refractivity (Wildman–Crippen MR) is 70.6 cm³/mol. The van der Waals surface area contributed by atoms with Crippen LogP contribution in [-0.4, -0.2) is 12.4 Å². The Morgan fingerprint density at radius 1 is 1.24 bits per heavy atom. The van der Waals surface area contributed by atoms with E-state index in [0.717, 1.165) is 18.4 Å². The van der Waals surface area contributed by atoms with E-state index < -0.39 is 0 Å². The fourth-order valence-corrected chi connectivity index (χ4v) is 1.39. The molecule has 0 unspecified atom stereocenters. The van der Waals surface area contributed by atoms with Crippen LogP contribution in [0.4, 0.5) is 0 Å². The van der Waals surface area contributed by atoms with Crippen molar-refractivity contribution in [2.75, 3.05) is 6.61 Å². The first-order valence-electron chi connectivity index (χ1n) is 6.20. The van der Waals surface area contributed by atoms with E-state index in [0.29, 0.717) is 18.8 Å². The van der Waals surface area contributed by atoms with Gasteiger partial charge in [-0.25, -0.2) is 0 Å². The highest BCUT2D eigenvalue weighted by Crippen LogP contribution is 2.16. The first kappa shape index (κ1) is 13.5. The van der Waals surface area contributed by atoms with Gasteiger partial charge in [-0.2, -0.15) is 0 Å². The fourth-order valence-electron chi connectivity index (χ4n) is 1.39. The molecule has 0 spiro atoms. The topological polar surface area (TPSA) is 26.3 Å². The molecule has 0 radical (unpaired) electrons. The highest BCUT2D eigenvalue weighted by atomic mass is 16.5. The maximum atomic E-state index is 11.5. The highest BCUT2D eigenvalue weighted by Gasteiger charge is 2.04. The van der Waals surface area contributed by atoms with Crippen LogP contribution in [0.2, 0.25) is 0 Å². The minimum Gasteiger partial charge on any atom is -0.493 e. The average Bonchev–Trinajstić information content (AvgIpc) is 2.38. The van der Waals surface area contributed by atoms with E-state index in [1.165, 1.54) is 0 Å². The Bertz CT molecular complexity index is 366. The molecule has 1 aromatic carbocycles. The lowest BCUT2D eigenvalue weighted by Gasteiger charge is -2.10. The number of carbonyl (C=O) groups excluding carboxylic acids is 1. The predicted octanol–water partition coefficient (Wildman–Crippen LogP) is 3.82. The summed E-state index contributed by atoms with van der Waals surface area (Å²) in [4.78, 5) is 11.5. The summed E-state index contributed by atoms with van der Waals surface area (Å²) in [5.41, 5.74) is 0.963. The third-order valence-electron chi connectivity index (χ3n) is 2.45. The van der Waals surface area contributed by atoms with Gasteiger partial charge in [-0.1, -0.05) is 50.6 Å². The van der Waals surface area contributed by atoms with Crippen molar-refractivity contribution in [2.45, 2.75) is 33.1 Å². The summed E-state index contributed by atoms with van der Waals surface area (Å²) in [6.07, 6.45) is 4.20. The van der Waals surface area contributed by atoms with Crippen molar-refractivity contribution in [2.24, 2.45) is 0 Å². The van der Waals surface area contributed by atoms with Gasteiger partial charge in [0.2, 0.25) is 0 Å². The minimum absolute atomic E-state index is 0.0975. The third kappa shape index (κ3) is 4.85. The Morgan fingerprint density at radius 2 is 1.94 bits per heavy atom. The number of allylic oxidation sites excluding steroid dienone is 1. The summed E-state index contributed by atoms with van der Waals surface area (Å²) in [6.45, 7) is 4.63. The van der Waals surface area contributed by atoms with Crippen LogP contribution in [0.25, 0.3) is 5.76 Å². The van der Waals surface area contributed by atoms with Crippen molar-refractivity contribution in [3.63, 3.8) is 0 Å². The lowest BCUT2D eigenvalue weighted by atomic mass is 10.1. The molecule has 0 bridgehead atoms. The fraction of sp³-hybridized carbons (Fsp3) is 0.400. The number of hydrogen-bond donors (Lipinski definition) is 0. The number of rotatable bonds is 7. The van der Waals surface area contributed by atoms with Crippen LogP contribution in [0.1, 0.15) is 38.7 Å². The summed E-state index contributed by atoms with van der Waals surface area (Å²) in [5.74, 6) is 0.784. The van der Waals surface area contributed by atoms with Gasteiger partial charge in [0.1, 0.15) is 5.76 Å². The normalized spacial score (nSPS) is 11.3. The largest absolute Gasteiger partial charge is 0.493 e. The summed E-state index contributed by atoms with van der Waals surface area (Å²) in [7, 11) is 0. The Labute approximate surface area is 103 Å². The summed E-state index contributed by atoms with van der Waals surface area (Å²) in [6, 6.07) is 9.77. The molecule has 1 aromatic rings. The highest BCUT2D eigenvalue weighted by molar-refractivity contribution is 5.95. The van der Waals surface area contributed by atoms with Crippen LogP contribution in [0.5, 0.6) is 0 Å². The molecule has 0 heterocycles. The quantitative estimate of drug-likeness (QED) is 0.406. The molecule has 0 fully saturated rings. The molecule has 1 rings (SSSR count). The molecule has 0 saturated carbocycles. The second-order valence-electron chi connectivity index (χ2n) is 3.90. The van der Waals surface area contributed by atoms with E-state index in [4.69, 9.17) is 4.74 Å². The molecular formula is C15H20O2. The zero-order chi connectivity index (χ0) is 12.5. The first-order valence-corrected chi connectivity index (χ1v) is 6.20. The van der Waals surface area contributed by atoms with Crippen LogP contribution in [-0.2, 0) is 9.53 Å². The Kier molecular flexibility index (Phi) is 6.08. The SMILES string of the molecule is CCCCOC(=CC(=O)CC)c1ccccc1. The van der Waals surface area contributed by atoms with E-state index in [2.05, 4.69) is 6.92 Å². The second-order valence-corrected chi connectivity index (χ2v) is 3.90. The lowest BCUT2D eigenvalue weighted by Crippen LogP contribution is -1.98. The molecule has 0 atom stereocenters. The molecule has 2 heteroatoms. The molecule has 0 amide bonds. The molecule has 17 heavy (non-hydrogen) atoms. The standard InChI is InChI=1S/C15H20O2/c1-3-5-11-17-15(12-14(16)4-2)13-9-7-6-8-10-13/h6-10,12H,3-5,11H2,1-2H3. The number of unbranched alkanes of at least 4 members (excludes halogenated alkanes) is 1. The summed E-state index contributed by atoms with van der Waals surface area (Å²) < 4.78 is 5.68. The smallest absolute Gasteiger partial charge is 0.159 e. The van der Waals surface area contributed by atoms with Gasteiger partial charge in [-0.3, -0.25) is 4.79 Å². The molecule has 92 valence electrons. The zero-order valence-electron chi connectivity index (χ0n) is 10.6. The molecule has 0 aromatic heterocycles. The molecule has 0 aliphatic carbocycles. The van der Waals surface area contributed by atoms with Gasteiger partial charge in [0.15, 0.2) is 5.78 Å². The maximum absolute atomic E-state index is 11.5. The van der Waals surface area contributed by atoms with Crippen LogP contribution >= 0.6 is 0 Å². The monoisotopic (exact) mass is 232 g/mol. The van der Waals surface area contributed by atoms with Gasteiger partial charge in [-0.15, -0.1) is 0 Å². The van der Waals surface area contributed by atoms with Crippen molar-refractivity contribution in [3.05, 3.63) is 42.0 Å². The number of hydrogen-bond acceptors (Lipinski definition) is 2. The zero-order valence-corrected chi connectivity index (χ0v) is 10.6.